The van der Waals surface area contributed by atoms with Crippen LogP contribution in [-0.2, 0) is 0 Å². The zero-order valence-electron chi connectivity index (χ0n) is 12.1. The molecule has 0 spiro atoms. The van der Waals surface area contributed by atoms with Gasteiger partial charge in [0.05, 0.1) is 5.69 Å². The number of piperidine rings is 1. The van der Waals surface area contributed by atoms with E-state index in [1.807, 2.05) is 0 Å². The number of nitrogens with zero attached hydrogens (tertiary/aromatic N) is 3. The van der Waals surface area contributed by atoms with E-state index < -0.39 is 4.92 Å². The first kappa shape index (κ1) is 14.7. The smallest absolute Gasteiger partial charge is 0.363 e. The van der Waals surface area contributed by atoms with Crippen LogP contribution in [0.15, 0.2) is 18.3 Å². The average Bonchev–Trinajstić information content (AvgIpc) is 2.45. The maximum absolute atomic E-state index is 10.6. The number of rotatable bonds is 5. The quantitative estimate of drug-likeness (QED) is 0.660. The van der Waals surface area contributed by atoms with Crippen molar-refractivity contribution in [2.24, 2.45) is 5.92 Å². The van der Waals surface area contributed by atoms with Crippen LogP contribution >= 0.6 is 0 Å². The van der Waals surface area contributed by atoms with E-state index in [1.165, 1.54) is 12.5 Å². The van der Waals surface area contributed by atoms with Gasteiger partial charge in [-0.15, -0.1) is 0 Å². The molecule has 6 heteroatoms. The minimum atomic E-state index is -0.463. The number of hydrogen-bond donors (Lipinski definition) is 1. The molecule has 1 fully saturated rings. The fourth-order valence-electron chi connectivity index (χ4n) is 2.54. The predicted octanol–water partition coefficient (Wildman–Crippen LogP) is 2.20. The third-order valence-electron chi connectivity index (χ3n) is 3.62. The van der Waals surface area contributed by atoms with Gasteiger partial charge < -0.3 is 20.3 Å². The predicted molar refractivity (Wildman–Crippen MR) is 79.0 cm³/mol. The summed E-state index contributed by atoms with van der Waals surface area (Å²) in [7, 11) is 0. The Morgan fingerprint density at radius 2 is 2.35 bits per heavy atom. The lowest BCUT2D eigenvalue weighted by Gasteiger charge is -2.34. The molecule has 1 atom stereocenters. The van der Waals surface area contributed by atoms with E-state index in [2.05, 4.69) is 29.0 Å². The second kappa shape index (κ2) is 6.65. The lowest BCUT2D eigenvalue weighted by molar-refractivity contribution is -0.389. The summed E-state index contributed by atoms with van der Waals surface area (Å²) in [6.45, 7) is 7.31. The number of anilines is 1. The lowest BCUT2D eigenvalue weighted by Crippen LogP contribution is -2.41. The maximum Gasteiger partial charge on any atom is 0.363 e. The first-order chi connectivity index (χ1) is 9.56. The first-order valence-electron chi connectivity index (χ1n) is 7.15. The molecular formula is C14H22N4O2. The lowest BCUT2D eigenvalue weighted by atomic mass is 9.97. The monoisotopic (exact) mass is 278 g/mol. The third kappa shape index (κ3) is 3.90. The van der Waals surface area contributed by atoms with E-state index in [1.54, 1.807) is 12.3 Å². The molecule has 0 saturated carbocycles. The Bertz CT molecular complexity index is 447. The fourth-order valence-corrected chi connectivity index (χ4v) is 2.54. The molecule has 1 aliphatic rings. The topological polar surface area (TPSA) is 71.3 Å². The Labute approximate surface area is 119 Å². The minimum Gasteiger partial charge on any atom is -0.368 e. The zero-order valence-corrected chi connectivity index (χ0v) is 12.1. The van der Waals surface area contributed by atoms with Crippen molar-refractivity contribution in [2.45, 2.75) is 32.7 Å². The van der Waals surface area contributed by atoms with E-state index >= 15 is 0 Å². The molecule has 0 bridgehead atoms. The standard InChI is InChI=1S/C14H22N4O2/c1-11(2)15-8-12-4-3-7-17(10-12)13-5-6-14(16-9-13)18(19)20/h5-6,9,11-12,15H,3-4,7-8,10H2,1-2H3. The minimum absolute atomic E-state index is 0.0937. The summed E-state index contributed by atoms with van der Waals surface area (Å²) in [5.41, 5.74) is 0.977. The molecular weight excluding hydrogens is 256 g/mol. The Morgan fingerprint density at radius 3 is 2.95 bits per heavy atom. The average molecular weight is 278 g/mol. The van der Waals surface area contributed by atoms with Crippen LogP contribution in [0.25, 0.3) is 0 Å². The molecule has 0 radical (unpaired) electrons. The number of aromatic nitrogens is 1. The number of hydrogen-bond acceptors (Lipinski definition) is 5. The van der Waals surface area contributed by atoms with E-state index in [0.29, 0.717) is 12.0 Å². The summed E-state index contributed by atoms with van der Waals surface area (Å²) in [4.78, 5) is 16.3. The van der Waals surface area contributed by atoms with Crippen molar-refractivity contribution in [3.63, 3.8) is 0 Å². The Balaban J connectivity index is 1.96. The molecule has 2 heterocycles. The highest BCUT2D eigenvalue weighted by atomic mass is 16.6. The number of nitrogens with one attached hydrogen (secondary N) is 1. The highest BCUT2D eigenvalue weighted by Crippen LogP contribution is 2.23. The molecule has 0 aromatic carbocycles. The van der Waals surface area contributed by atoms with Gasteiger partial charge in [-0.2, -0.15) is 0 Å². The fraction of sp³-hybridized carbons (Fsp3) is 0.643. The number of pyridine rings is 1. The van der Waals surface area contributed by atoms with Crippen LogP contribution < -0.4 is 10.2 Å². The highest BCUT2D eigenvalue weighted by Gasteiger charge is 2.21. The highest BCUT2D eigenvalue weighted by molar-refractivity contribution is 5.46. The van der Waals surface area contributed by atoms with Crippen molar-refractivity contribution in [1.82, 2.24) is 10.3 Å². The molecule has 6 nitrogen and oxygen atoms in total. The second-order valence-electron chi connectivity index (χ2n) is 5.65. The Hall–Kier alpha value is -1.69. The van der Waals surface area contributed by atoms with E-state index in [0.717, 1.165) is 31.7 Å². The SMILES string of the molecule is CC(C)NCC1CCCN(c2ccc([N+](=O)[O-])nc2)C1. The second-order valence-corrected chi connectivity index (χ2v) is 5.65. The van der Waals surface area contributed by atoms with Crippen molar-refractivity contribution >= 4 is 11.5 Å². The van der Waals surface area contributed by atoms with Crippen LogP contribution in [-0.4, -0.2) is 35.6 Å². The largest absolute Gasteiger partial charge is 0.368 e. The summed E-state index contributed by atoms with van der Waals surface area (Å²) in [5.74, 6) is 0.533. The van der Waals surface area contributed by atoms with Gasteiger partial charge in [-0.1, -0.05) is 13.8 Å². The normalized spacial score (nSPS) is 19.4. The Kier molecular flexibility index (Phi) is 4.89. The van der Waals surface area contributed by atoms with Gasteiger partial charge in [0.1, 0.15) is 0 Å². The molecule has 0 amide bonds. The van der Waals surface area contributed by atoms with Crippen molar-refractivity contribution < 1.29 is 4.92 Å². The van der Waals surface area contributed by atoms with Crippen LogP contribution in [0.3, 0.4) is 0 Å². The summed E-state index contributed by atoms with van der Waals surface area (Å²) in [6, 6.07) is 3.78. The van der Waals surface area contributed by atoms with Crippen LogP contribution in [0.1, 0.15) is 26.7 Å². The molecule has 1 aromatic rings. The summed E-state index contributed by atoms with van der Waals surface area (Å²) < 4.78 is 0. The van der Waals surface area contributed by atoms with Gasteiger partial charge in [0.25, 0.3) is 0 Å². The van der Waals surface area contributed by atoms with Gasteiger partial charge in [-0.3, -0.25) is 0 Å². The molecule has 20 heavy (non-hydrogen) atoms. The van der Waals surface area contributed by atoms with Crippen molar-refractivity contribution in [3.8, 4) is 0 Å². The molecule has 0 aliphatic carbocycles. The molecule has 1 saturated heterocycles. The van der Waals surface area contributed by atoms with E-state index in [9.17, 15) is 10.1 Å². The van der Waals surface area contributed by atoms with Crippen LogP contribution in [0.4, 0.5) is 11.5 Å². The van der Waals surface area contributed by atoms with E-state index in [-0.39, 0.29) is 5.82 Å². The van der Waals surface area contributed by atoms with Crippen molar-refractivity contribution in [1.29, 1.82) is 0 Å². The van der Waals surface area contributed by atoms with Crippen LogP contribution in [0.5, 0.6) is 0 Å². The molecule has 1 aliphatic heterocycles. The van der Waals surface area contributed by atoms with Crippen molar-refractivity contribution in [2.75, 3.05) is 24.5 Å². The molecule has 1 N–H and O–H groups in total. The number of nitro groups is 1. The summed E-state index contributed by atoms with van der Waals surface area (Å²) in [6.07, 6.45) is 3.99. The van der Waals surface area contributed by atoms with Crippen LogP contribution in [0, 0.1) is 16.0 Å². The summed E-state index contributed by atoms with van der Waals surface area (Å²) in [5, 5.41) is 14.1. The molecule has 2 rings (SSSR count). The van der Waals surface area contributed by atoms with Gasteiger partial charge >= 0.3 is 5.82 Å². The maximum atomic E-state index is 10.6. The van der Waals surface area contributed by atoms with Gasteiger partial charge in [0.2, 0.25) is 0 Å². The van der Waals surface area contributed by atoms with Crippen molar-refractivity contribution in [3.05, 3.63) is 28.4 Å². The zero-order chi connectivity index (χ0) is 14.5. The molecule has 110 valence electrons. The van der Waals surface area contributed by atoms with Gasteiger partial charge in [0, 0.05) is 25.2 Å². The van der Waals surface area contributed by atoms with Gasteiger partial charge in [0.15, 0.2) is 6.20 Å². The van der Waals surface area contributed by atoms with Crippen LogP contribution in [0.2, 0.25) is 0 Å². The Morgan fingerprint density at radius 1 is 1.55 bits per heavy atom. The molecule has 1 aromatic heterocycles. The first-order valence-corrected chi connectivity index (χ1v) is 7.15. The van der Waals surface area contributed by atoms with Gasteiger partial charge in [-0.25, -0.2) is 0 Å². The third-order valence-corrected chi connectivity index (χ3v) is 3.62. The van der Waals surface area contributed by atoms with Gasteiger partial charge in [-0.05, 0) is 41.3 Å². The summed E-state index contributed by atoms with van der Waals surface area (Å²) >= 11 is 0. The molecule has 1 unspecified atom stereocenters. The van der Waals surface area contributed by atoms with E-state index in [4.69, 9.17) is 0 Å².